The Balaban J connectivity index is 2.10. The molecule has 0 unspecified atom stereocenters. The van der Waals surface area contributed by atoms with Gasteiger partial charge >= 0.3 is 0 Å². The maximum absolute atomic E-state index is 12.2. The summed E-state index contributed by atoms with van der Waals surface area (Å²) < 4.78 is 6.27. The Morgan fingerprint density at radius 2 is 2.26 bits per heavy atom. The number of carbonyl (C=O) groups excluding carboxylic acids is 1. The Labute approximate surface area is 124 Å². The van der Waals surface area contributed by atoms with Crippen molar-refractivity contribution in [3.63, 3.8) is 0 Å². The van der Waals surface area contributed by atoms with Gasteiger partial charge in [0.1, 0.15) is 5.56 Å². The first kappa shape index (κ1) is 14.3. The molecule has 0 aromatic carbocycles. The Bertz CT molecular complexity index is 589. The molecule has 2 aromatic rings. The molecule has 0 fully saturated rings. The number of aryl methyl sites for hydroxylation is 1. The lowest BCUT2D eigenvalue weighted by molar-refractivity contribution is 0.0948. The maximum Gasteiger partial charge on any atom is 0.257 e. The predicted molar refractivity (Wildman–Crippen MR) is 78.5 cm³/mol. The van der Waals surface area contributed by atoms with E-state index in [1.54, 1.807) is 18.3 Å². The minimum Gasteiger partial charge on any atom is -0.360 e. The molecule has 0 aliphatic carbocycles. The summed E-state index contributed by atoms with van der Waals surface area (Å²) in [5, 5.41) is 6.78. The highest BCUT2D eigenvalue weighted by Gasteiger charge is 2.22. The number of nitrogens with zero attached hydrogens (tertiary/aromatic N) is 1. The first-order valence-electron chi connectivity index (χ1n) is 5.97. The first-order valence-corrected chi connectivity index (χ1v) is 7.58. The summed E-state index contributed by atoms with van der Waals surface area (Å²) in [6.45, 7) is 6.25. The van der Waals surface area contributed by atoms with Crippen LogP contribution in [0.2, 0.25) is 0 Å². The van der Waals surface area contributed by atoms with E-state index in [0.717, 1.165) is 8.66 Å². The molecular formula is C13H15BrN2O2S. The molecule has 2 heterocycles. The van der Waals surface area contributed by atoms with Crippen molar-refractivity contribution in [2.45, 2.75) is 33.2 Å². The lowest BCUT2D eigenvalue weighted by Gasteiger charge is -2.06. The number of halogens is 1. The van der Waals surface area contributed by atoms with E-state index in [9.17, 15) is 4.79 Å². The highest BCUT2D eigenvalue weighted by molar-refractivity contribution is 9.11. The van der Waals surface area contributed by atoms with Crippen LogP contribution < -0.4 is 5.32 Å². The van der Waals surface area contributed by atoms with Crippen molar-refractivity contribution in [1.29, 1.82) is 0 Å². The first-order chi connectivity index (χ1) is 8.99. The van der Waals surface area contributed by atoms with Crippen LogP contribution >= 0.6 is 27.3 Å². The molecule has 1 N–H and O–H groups in total. The minimum absolute atomic E-state index is 0.132. The standard InChI is InChI=1S/C13H15BrN2O2S/c1-7(2)12-11(8(3)16-18-12)13(17)15-6-9-4-5-10(14)19-9/h4-5,7H,6H2,1-3H3,(H,15,17). The molecule has 6 heteroatoms. The fourth-order valence-corrected chi connectivity index (χ4v) is 3.18. The molecular weight excluding hydrogens is 328 g/mol. The van der Waals surface area contributed by atoms with Crippen LogP contribution in [0.25, 0.3) is 0 Å². The summed E-state index contributed by atoms with van der Waals surface area (Å²) in [6.07, 6.45) is 0. The van der Waals surface area contributed by atoms with E-state index in [2.05, 4.69) is 26.4 Å². The molecule has 2 aromatic heterocycles. The summed E-state index contributed by atoms with van der Waals surface area (Å²) in [5.74, 6) is 0.646. The van der Waals surface area contributed by atoms with Crippen LogP contribution in [0.1, 0.15) is 46.5 Å². The van der Waals surface area contributed by atoms with Crippen molar-refractivity contribution >= 4 is 33.2 Å². The van der Waals surface area contributed by atoms with Crippen molar-refractivity contribution in [1.82, 2.24) is 10.5 Å². The zero-order valence-corrected chi connectivity index (χ0v) is 13.4. The fourth-order valence-electron chi connectivity index (χ4n) is 1.76. The summed E-state index contributed by atoms with van der Waals surface area (Å²) in [5.41, 5.74) is 1.19. The monoisotopic (exact) mass is 342 g/mol. The highest BCUT2D eigenvalue weighted by atomic mass is 79.9. The zero-order valence-electron chi connectivity index (χ0n) is 11.0. The van der Waals surface area contributed by atoms with Gasteiger partial charge in [0.2, 0.25) is 0 Å². The van der Waals surface area contributed by atoms with Crippen LogP contribution in [0, 0.1) is 6.92 Å². The molecule has 0 aliphatic heterocycles. The summed E-state index contributed by atoms with van der Waals surface area (Å²) >= 11 is 5.01. The fraction of sp³-hybridized carbons (Fsp3) is 0.385. The number of hydrogen-bond donors (Lipinski definition) is 1. The molecule has 0 aliphatic rings. The number of hydrogen-bond acceptors (Lipinski definition) is 4. The van der Waals surface area contributed by atoms with Crippen LogP contribution in [0.4, 0.5) is 0 Å². The van der Waals surface area contributed by atoms with Gasteiger partial charge in [-0.25, -0.2) is 0 Å². The Hall–Kier alpha value is -1.14. The van der Waals surface area contributed by atoms with Crippen molar-refractivity contribution in [3.8, 4) is 0 Å². The lowest BCUT2D eigenvalue weighted by atomic mass is 10.0. The number of nitrogens with one attached hydrogen (secondary N) is 1. The van der Waals surface area contributed by atoms with E-state index >= 15 is 0 Å². The zero-order chi connectivity index (χ0) is 14.0. The largest absolute Gasteiger partial charge is 0.360 e. The molecule has 0 saturated heterocycles. The average Bonchev–Trinajstić information content (AvgIpc) is 2.92. The third-order valence-electron chi connectivity index (χ3n) is 2.69. The molecule has 0 radical (unpaired) electrons. The molecule has 19 heavy (non-hydrogen) atoms. The van der Waals surface area contributed by atoms with E-state index < -0.39 is 0 Å². The molecule has 1 amide bonds. The van der Waals surface area contributed by atoms with Gasteiger partial charge in [-0.05, 0) is 35.0 Å². The summed E-state index contributed by atoms with van der Waals surface area (Å²) in [7, 11) is 0. The van der Waals surface area contributed by atoms with E-state index in [-0.39, 0.29) is 11.8 Å². The Morgan fingerprint density at radius 3 is 2.84 bits per heavy atom. The van der Waals surface area contributed by atoms with Crippen molar-refractivity contribution < 1.29 is 9.32 Å². The number of carbonyl (C=O) groups is 1. The van der Waals surface area contributed by atoms with E-state index in [1.165, 1.54) is 0 Å². The van der Waals surface area contributed by atoms with Crippen LogP contribution in [0.15, 0.2) is 20.4 Å². The van der Waals surface area contributed by atoms with Gasteiger partial charge in [0.15, 0.2) is 5.76 Å². The van der Waals surface area contributed by atoms with Crippen molar-refractivity contribution in [3.05, 3.63) is 37.8 Å². The molecule has 2 rings (SSSR count). The van der Waals surface area contributed by atoms with Crippen LogP contribution in [-0.4, -0.2) is 11.1 Å². The van der Waals surface area contributed by atoms with Gasteiger partial charge in [0, 0.05) is 10.8 Å². The Morgan fingerprint density at radius 1 is 1.53 bits per heavy atom. The predicted octanol–water partition coefficient (Wildman–Crippen LogP) is 3.86. The smallest absolute Gasteiger partial charge is 0.257 e. The number of amides is 1. The van der Waals surface area contributed by atoms with Gasteiger partial charge in [-0.1, -0.05) is 19.0 Å². The molecule has 4 nitrogen and oxygen atoms in total. The van der Waals surface area contributed by atoms with Crippen LogP contribution in [-0.2, 0) is 6.54 Å². The van der Waals surface area contributed by atoms with Crippen molar-refractivity contribution in [2.24, 2.45) is 0 Å². The van der Waals surface area contributed by atoms with E-state index in [1.807, 2.05) is 26.0 Å². The molecule has 102 valence electrons. The lowest BCUT2D eigenvalue weighted by Crippen LogP contribution is -2.24. The minimum atomic E-state index is -0.132. The average molecular weight is 343 g/mol. The summed E-state index contributed by atoms with van der Waals surface area (Å²) in [6, 6.07) is 3.95. The molecule has 0 saturated carbocycles. The highest BCUT2D eigenvalue weighted by Crippen LogP contribution is 2.24. The van der Waals surface area contributed by atoms with Gasteiger partial charge in [-0.3, -0.25) is 4.79 Å². The second kappa shape index (κ2) is 5.88. The molecule has 0 spiro atoms. The third-order valence-corrected chi connectivity index (χ3v) is 4.32. The number of rotatable bonds is 4. The van der Waals surface area contributed by atoms with Crippen LogP contribution in [0.3, 0.4) is 0 Å². The normalized spacial score (nSPS) is 11.0. The topological polar surface area (TPSA) is 55.1 Å². The Kier molecular flexibility index (Phi) is 4.42. The molecule has 0 bridgehead atoms. The SMILES string of the molecule is Cc1noc(C(C)C)c1C(=O)NCc1ccc(Br)s1. The van der Waals surface area contributed by atoms with E-state index in [4.69, 9.17) is 4.52 Å². The van der Waals surface area contributed by atoms with Gasteiger partial charge < -0.3 is 9.84 Å². The number of thiophene rings is 1. The second-order valence-electron chi connectivity index (χ2n) is 4.55. The molecule has 0 atom stereocenters. The van der Waals surface area contributed by atoms with E-state index in [0.29, 0.717) is 23.6 Å². The maximum atomic E-state index is 12.2. The quantitative estimate of drug-likeness (QED) is 0.917. The van der Waals surface area contributed by atoms with Crippen LogP contribution in [0.5, 0.6) is 0 Å². The summed E-state index contributed by atoms with van der Waals surface area (Å²) in [4.78, 5) is 13.3. The second-order valence-corrected chi connectivity index (χ2v) is 7.10. The van der Waals surface area contributed by atoms with Gasteiger partial charge in [0.25, 0.3) is 5.91 Å². The van der Waals surface area contributed by atoms with Gasteiger partial charge in [0.05, 0.1) is 16.0 Å². The number of aromatic nitrogens is 1. The van der Waals surface area contributed by atoms with Crippen molar-refractivity contribution in [2.75, 3.05) is 0 Å². The third kappa shape index (κ3) is 3.25. The van der Waals surface area contributed by atoms with Gasteiger partial charge in [-0.2, -0.15) is 0 Å². The van der Waals surface area contributed by atoms with Gasteiger partial charge in [-0.15, -0.1) is 11.3 Å².